The number of ether oxygens (including phenoxy) is 2. The summed E-state index contributed by atoms with van der Waals surface area (Å²) < 4.78 is 37.2. The molecule has 4 rings (SSSR count). The Bertz CT molecular complexity index is 1390. The number of benzene rings is 3. The van der Waals surface area contributed by atoms with Gasteiger partial charge in [0.1, 0.15) is 33.8 Å². The Morgan fingerprint density at radius 1 is 0.868 bits per heavy atom. The Morgan fingerprint density at radius 2 is 1.45 bits per heavy atom. The van der Waals surface area contributed by atoms with Gasteiger partial charge in [-0.3, -0.25) is 9.59 Å². The van der Waals surface area contributed by atoms with E-state index in [0.717, 1.165) is 11.1 Å². The minimum absolute atomic E-state index is 0.117. The third kappa shape index (κ3) is 6.92. The Labute approximate surface area is 222 Å². The average molecular weight is 538 g/mol. The van der Waals surface area contributed by atoms with Crippen LogP contribution in [0.2, 0.25) is 0 Å². The number of carbonyl (C=O) groups excluding carboxylic acids is 2. The van der Waals surface area contributed by atoms with Crippen molar-refractivity contribution >= 4 is 23.2 Å². The lowest BCUT2D eigenvalue weighted by Crippen LogP contribution is -2.30. The maximum atomic E-state index is 13.6. The Kier molecular flexibility index (Phi) is 8.65. The second kappa shape index (κ2) is 12.3. The van der Waals surface area contributed by atoms with Gasteiger partial charge in [0.15, 0.2) is 0 Å². The molecule has 3 aromatic carbocycles. The van der Waals surface area contributed by atoms with Crippen molar-refractivity contribution in [1.29, 1.82) is 0 Å². The molecule has 1 N–H and O–H groups in total. The highest BCUT2D eigenvalue weighted by Crippen LogP contribution is 2.25. The smallest absolute Gasteiger partial charge is 0.271 e. The van der Waals surface area contributed by atoms with Gasteiger partial charge < -0.3 is 19.7 Å². The lowest BCUT2D eigenvalue weighted by Gasteiger charge is -2.22. The molecule has 0 saturated heterocycles. The van der Waals surface area contributed by atoms with Gasteiger partial charge in [0.2, 0.25) is 0 Å². The Morgan fingerprint density at radius 3 is 2.03 bits per heavy atom. The first kappa shape index (κ1) is 26.7. The van der Waals surface area contributed by atoms with Gasteiger partial charge in [-0.2, -0.15) is 0 Å². The van der Waals surface area contributed by atoms with Gasteiger partial charge in [0.25, 0.3) is 11.8 Å². The van der Waals surface area contributed by atoms with E-state index in [1.807, 2.05) is 0 Å². The van der Waals surface area contributed by atoms with Gasteiger partial charge in [-0.1, -0.05) is 24.3 Å². The number of rotatable bonds is 10. The van der Waals surface area contributed by atoms with Crippen LogP contribution in [0.3, 0.4) is 0 Å². The second-order valence-electron chi connectivity index (χ2n) is 8.32. The van der Waals surface area contributed by atoms with E-state index in [-0.39, 0.29) is 48.8 Å². The highest BCUT2D eigenvalue weighted by molar-refractivity contribution is 7.09. The van der Waals surface area contributed by atoms with Crippen molar-refractivity contribution in [2.75, 3.05) is 14.2 Å². The summed E-state index contributed by atoms with van der Waals surface area (Å²) in [6.45, 7) is 0.523. The van der Waals surface area contributed by atoms with Crippen LogP contribution in [0.4, 0.5) is 8.78 Å². The van der Waals surface area contributed by atoms with Crippen LogP contribution in [0.15, 0.2) is 72.1 Å². The lowest BCUT2D eigenvalue weighted by molar-refractivity contribution is 0.0729. The summed E-state index contributed by atoms with van der Waals surface area (Å²) in [5, 5.41) is 4.92. The molecule has 0 bridgehead atoms. The van der Waals surface area contributed by atoms with Gasteiger partial charge in [0, 0.05) is 30.1 Å². The van der Waals surface area contributed by atoms with Crippen LogP contribution in [-0.4, -0.2) is 35.9 Å². The SMILES string of the molecule is COc1cc(OC)cc(C(=O)N(Cc2ccc(F)cc2)Cc2nc(C(=O)NCc3ccc(F)cc3)cs2)c1. The van der Waals surface area contributed by atoms with E-state index in [1.54, 1.807) is 52.7 Å². The van der Waals surface area contributed by atoms with E-state index in [4.69, 9.17) is 9.47 Å². The van der Waals surface area contributed by atoms with Gasteiger partial charge >= 0.3 is 0 Å². The summed E-state index contributed by atoms with van der Waals surface area (Å²) >= 11 is 1.25. The molecular weight excluding hydrogens is 512 g/mol. The first-order valence-corrected chi connectivity index (χ1v) is 12.5. The molecule has 0 atom stereocenters. The van der Waals surface area contributed by atoms with Gasteiger partial charge in [-0.25, -0.2) is 13.8 Å². The predicted octanol–water partition coefficient (Wildman–Crippen LogP) is 5.21. The molecule has 1 heterocycles. The fraction of sp³-hybridized carbons (Fsp3) is 0.179. The van der Waals surface area contributed by atoms with E-state index in [2.05, 4.69) is 10.3 Å². The number of hydrogen-bond acceptors (Lipinski definition) is 6. The van der Waals surface area contributed by atoms with Gasteiger partial charge in [0.05, 0.1) is 20.8 Å². The van der Waals surface area contributed by atoms with Crippen LogP contribution < -0.4 is 14.8 Å². The number of halogens is 2. The maximum absolute atomic E-state index is 13.6. The zero-order chi connectivity index (χ0) is 27.1. The Balaban J connectivity index is 1.52. The van der Waals surface area contributed by atoms with E-state index in [0.29, 0.717) is 22.1 Å². The molecule has 196 valence electrons. The number of nitrogens with zero attached hydrogens (tertiary/aromatic N) is 2. The van der Waals surface area contributed by atoms with Crippen LogP contribution in [0, 0.1) is 11.6 Å². The molecule has 0 unspecified atom stereocenters. The first-order valence-electron chi connectivity index (χ1n) is 11.6. The number of thiazole rings is 1. The summed E-state index contributed by atoms with van der Waals surface area (Å²) in [7, 11) is 3.00. The van der Waals surface area contributed by atoms with Crippen LogP contribution in [-0.2, 0) is 19.6 Å². The van der Waals surface area contributed by atoms with Crippen molar-refractivity contribution in [1.82, 2.24) is 15.2 Å². The highest BCUT2D eigenvalue weighted by atomic mass is 32.1. The number of amides is 2. The van der Waals surface area contributed by atoms with Crippen molar-refractivity contribution in [2.45, 2.75) is 19.6 Å². The number of hydrogen-bond donors (Lipinski definition) is 1. The minimum Gasteiger partial charge on any atom is -0.497 e. The summed E-state index contributed by atoms with van der Waals surface area (Å²) in [6.07, 6.45) is 0. The molecule has 4 aromatic rings. The number of nitrogens with one attached hydrogen (secondary N) is 1. The normalized spacial score (nSPS) is 10.6. The number of methoxy groups -OCH3 is 2. The molecule has 1 aromatic heterocycles. The third-order valence-corrected chi connectivity index (χ3v) is 6.48. The predicted molar refractivity (Wildman–Crippen MR) is 139 cm³/mol. The number of carbonyl (C=O) groups is 2. The molecule has 2 amide bonds. The molecule has 7 nitrogen and oxygen atoms in total. The van der Waals surface area contributed by atoms with Crippen molar-refractivity contribution in [2.24, 2.45) is 0 Å². The van der Waals surface area contributed by atoms with E-state index in [9.17, 15) is 18.4 Å². The Hall–Kier alpha value is -4.31. The highest BCUT2D eigenvalue weighted by Gasteiger charge is 2.21. The quantitative estimate of drug-likeness (QED) is 0.300. The van der Waals surface area contributed by atoms with Crippen LogP contribution in [0.25, 0.3) is 0 Å². The molecule has 0 radical (unpaired) electrons. The summed E-state index contributed by atoms with van der Waals surface area (Å²) in [5.74, 6) is -0.501. The standard InChI is InChI=1S/C28H25F2N3O4S/c1-36-23-11-20(12-24(13-23)37-2)28(35)33(15-19-5-9-22(30)10-6-19)16-26-32-25(17-38-26)27(34)31-14-18-3-7-21(29)8-4-18/h3-13,17H,14-16H2,1-2H3,(H,31,34). The lowest BCUT2D eigenvalue weighted by atomic mass is 10.1. The van der Waals surface area contributed by atoms with Crippen molar-refractivity contribution in [3.8, 4) is 11.5 Å². The third-order valence-electron chi connectivity index (χ3n) is 5.65. The monoisotopic (exact) mass is 537 g/mol. The fourth-order valence-corrected chi connectivity index (χ4v) is 4.44. The first-order chi connectivity index (χ1) is 18.3. The van der Waals surface area contributed by atoms with Gasteiger partial charge in [-0.15, -0.1) is 11.3 Å². The molecule has 0 aliphatic rings. The van der Waals surface area contributed by atoms with E-state index >= 15 is 0 Å². The zero-order valence-electron chi connectivity index (χ0n) is 20.7. The van der Waals surface area contributed by atoms with Gasteiger partial charge in [-0.05, 0) is 47.5 Å². The molecular formula is C28H25F2N3O4S. The van der Waals surface area contributed by atoms with Crippen molar-refractivity contribution in [3.05, 3.63) is 111 Å². The molecule has 0 aliphatic heterocycles. The van der Waals surface area contributed by atoms with Crippen molar-refractivity contribution < 1.29 is 27.8 Å². The van der Waals surface area contributed by atoms with Crippen molar-refractivity contribution in [3.63, 3.8) is 0 Å². The molecule has 0 spiro atoms. The summed E-state index contributed by atoms with van der Waals surface area (Å²) in [6, 6.07) is 16.6. The minimum atomic E-state index is -0.384. The summed E-state index contributed by atoms with van der Waals surface area (Å²) in [5.41, 5.74) is 2.03. The zero-order valence-corrected chi connectivity index (χ0v) is 21.6. The molecule has 10 heteroatoms. The largest absolute Gasteiger partial charge is 0.497 e. The second-order valence-corrected chi connectivity index (χ2v) is 9.27. The fourth-order valence-electron chi connectivity index (χ4n) is 3.65. The molecule has 38 heavy (non-hydrogen) atoms. The summed E-state index contributed by atoms with van der Waals surface area (Å²) in [4.78, 5) is 32.2. The van der Waals surface area contributed by atoms with Crippen LogP contribution >= 0.6 is 11.3 Å². The number of aromatic nitrogens is 1. The van der Waals surface area contributed by atoms with E-state index < -0.39 is 0 Å². The average Bonchev–Trinajstić information content (AvgIpc) is 3.41. The van der Waals surface area contributed by atoms with E-state index in [1.165, 1.54) is 49.8 Å². The van der Waals surface area contributed by atoms with Crippen LogP contribution in [0.5, 0.6) is 11.5 Å². The molecule has 0 saturated carbocycles. The molecule has 0 aliphatic carbocycles. The topological polar surface area (TPSA) is 80.8 Å². The maximum Gasteiger partial charge on any atom is 0.271 e. The molecule has 0 fully saturated rings. The van der Waals surface area contributed by atoms with Crippen LogP contribution in [0.1, 0.15) is 37.0 Å².